The van der Waals surface area contributed by atoms with Crippen LogP contribution in [0.15, 0.2) is 42.7 Å². The third kappa shape index (κ3) is 2.99. The Kier molecular flexibility index (Phi) is 4.09. The quantitative estimate of drug-likeness (QED) is 0.927. The molecular weight excluding hydrogens is 265 g/mol. The van der Waals surface area contributed by atoms with Crippen LogP contribution >= 0.6 is 0 Å². The number of hydrogen-bond donors (Lipinski definition) is 1. The van der Waals surface area contributed by atoms with Crippen molar-refractivity contribution in [2.45, 2.75) is 19.1 Å². The molecule has 1 aromatic carbocycles. The van der Waals surface area contributed by atoms with Crippen molar-refractivity contribution >= 4 is 0 Å². The molecule has 0 amide bonds. The molecule has 0 radical (unpaired) electrons. The molecule has 5 heteroatoms. The lowest BCUT2D eigenvalue weighted by atomic mass is 9.96. The van der Waals surface area contributed by atoms with E-state index in [1.54, 1.807) is 19.4 Å². The lowest BCUT2D eigenvalue weighted by Gasteiger charge is -2.19. The van der Waals surface area contributed by atoms with Gasteiger partial charge in [0.15, 0.2) is 0 Å². The van der Waals surface area contributed by atoms with Crippen LogP contribution in [0.25, 0.3) is 0 Å². The van der Waals surface area contributed by atoms with Crippen LogP contribution in [0.2, 0.25) is 0 Å². The third-order valence-electron chi connectivity index (χ3n) is 3.25. The molecule has 2 aromatic rings. The molecule has 1 aromatic heterocycles. The molecule has 1 N–H and O–H groups in total. The van der Waals surface area contributed by atoms with Crippen molar-refractivity contribution in [1.82, 2.24) is 10.3 Å². The van der Waals surface area contributed by atoms with Gasteiger partial charge in [0.05, 0.1) is 11.6 Å². The van der Waals surface area contributed by atoms with E-state index in [1.807, 2.05) is 13.0 Å². The Balaban J connectivity index is 2.36. The molecule has 0 bridgehead atoms. The molecule has 2 nitrogen and oxygen atoms in total. The first-order chi connectivity index (χ1) is 9.43. The minimum atomic E-state index is -4.31. The second kappa shape index (κ2) is 5.63. The fraction of sp³-hybridized carbons (Fsp3) is 0.267. The van der Waals surface area contributed by atoms with E-state index in [2.05, 4.69) is 10.3 Å². The van der Waals surface area contributed by atoms with Gasteiger partial charge in [0.2, 0.25) is 0 Å². The van der Waals surface area contributed by atoms with Crippen molar-refractivity contribution in [2.75, 3.05) is 7.05 Å². The zero-order valence-electron chi connectivity index (χ0n) is 11.2. The summed E-state index contributed by atoms with van der Waals surface area (Å²) in [6.07, 6.45) is -0.885. The van der Waals surface area contributed by atoms with Crippen LogP contribution < -0.4 is 5.32 Å². The molecule has 0 aliphatic carbocycles. The lowest BCUT2D eigenvalue weighted by Crippen LogP contribution is -2.19. The van der Waals surface area contributed by atoms with Crippen molar-refractivity contribution in [3.63, 3.8) is 0 Å². The van der Waals surface area contributed by atoms with Crippen molar-refractivity contribution in [3.05, 3.63) is 65.0 Å². The number of benzene rings is 1. The second-order valence-corrected chi connectivity index (χ2v) is 4.57. The highest BCUT2D eigenvalue weighted by atomic mass is 19.4. The lowest BCUT2D eigenvalue weighted by molar-refractivity contribution is -0.137. The van der Waals surface area contributed by atoms with Crippen LogP contribution in [-0.2, 0) is 6.18 Å². The van der Waals surface area contributed by atoms with E-state index < -0.39 is 11.7 Å². The van der Waals surface area contributed by atoms with Gasteiger partial charge in [0.1, 0.15) is 0 Å². The molecule has 106 valence electrons. The second-order valence-electron chi connectivity index (χ2n) is 4.57. The zero-order valence-corrected chi connectivity index (χ0v) is 11.2. The number of nitrogens with zero attached hydrogens (tertiary/aromatic N) is 1. The number of aryl methyl sites for hydroxylation is 1. The van der Waals surface area contributed by atoms with Crippen molar-refractivity contribution < 1.29 is 13.2 Å². The SMILES string of the molecule is CNC(c1ccc(C(F)(F)F)cc1)c1cnccc1C. The number of pyridine rings is 1. The van der Waals surface area contributed by atoms with E-state index in [1.165, 1.54) is 12.1 Å². The fourth-order valence-corrected chi connectivity index (χ4v) is 2.14. The summed E-state index contributed by atoms with van der Waals surface area (Å²) in [5.41, 5.74) is 2.13. The standard InChI is InChI=1S/C15H15F3N2/c1-10-7-8-20-9-13(10)14(19-2)11-3-5-12(6-4-11)15(16,17)18/h3-9,14,19H,1-2H3. The molecule has 0 saturated heterocycles. The van der Waals surface area contributed by atoms with E-state index in [-0.39, 0.29) is 6.04 Å². The van der Waals surface area contributed by atoms with Gasteiger partial charge in [-0.15, -0.1) is 0 Å². The molecule has 2 rings (SSSR count). The molecule has 0 aliphatic rings. The summed E-state index contributed by atoms with van der Waals surface area (Å²) in [6, 6.07) is 6.90. The van der Waals surface area contributed by atoms with E-state index in [4.69, 9.17) is 0 Å². The highest BCUT2D eigenvalue weighted by molar-refractivity contribution is 5.36. The monoisotopic (exact) mass is 280 g/mol. The smallest absolute Gasteiger partial charge is 0.309 e. The summed E-state index contributed by atoms with van der Waals surface area (Å²) in [6.45, 7) is 1.95. The minimum Gasteiger partial charge on any atom is -0.309 e. The highest BCUT2D eigenvalue weighted by Crippen LogP contribution is 2.31. The average Bonchev–Trinajstić information content (AvgIpc) is 2.41. The van der Waals surface area contributed by atoms with E-state index in [9.17, 15) is 13.2 Å². The fourth-order valence-electron chi connectivity index (χ4n) is 2.14. The van der Waals surface area contributed by atoms with Crippen LogP contribution in [0.3, 0.4) is 0 Å². The number of aromatic nitrogens is 1. The Morgan fingerprint density at radius 2 is 1.75 bits per heavy atom. The van der Waals surface area contributed by atoms with Gasteiger partial charge in [-0.3, -0.25) is 4.98 Å². The van der Waals surface area contributed by atoms with Gasteiger partial charge < -0.3 is 5.32 Å². The first-order valence-electron chi connectivity index (χ1n) is 6.18. The average molecular weight is 280 g/mol. The molecule has 0 fully saturated rings. The molecule has 1 heterocycles. The highest BCUT2D eigenvalue weighted by Gasteiger charge is 2.30. The van der Waals surface area contributed by atoms with Gasteiger partial charge in [-0.2, -0.15) is 13.2 Å². The number of nitrogens with one attached hydrogen (secondary N) is 1. The topological polar surface area (TPSA) is 24.9 Å². The van der Waals surface area contributed by atoms with Crippen LogP contribution in [0.1, 0.15) is 28.3 Å². The first kappa shape index (κ1) is 14.5. The Hall–Kier alpha value is -1.88. The summed E-state index contributed by atoms with van der Waals surface area (Å²) < 4.78 is 37.7. The van der Waals surface area contributed by atoms with E-state index >= 15 is 0 Å². The maximum atomic E-state index is 12.6. The Bertz CT molecular complexity index is 576. The van der Waals surface area contributed by atoms with Crippen LogP contribution in [0.4, 0.5) is 13.2 Å². The van der Waals surface area contributed by atoms with Gasteiger partial charge in [0, 0.05) is 12.4 Å². The predicted octanol–water partition coefficient (Wildman–Crippen LogP) is 3.72. The molecular formula is C15H15F3N2. The van der Waals surface area contributed by atoms with Crippen molar-refractivity contribution in [2.24, 2.45) is 0 Å². The Morgan fingerprint density at radius 1 is 1.10 bits per heavy atom. The Labute approximate surface area is 115 Å². The molecule has 20 heavy (non-hydrogen) atoms. The number of alkyl halides is 3. The number of rotatable bonds is 3. The summed E-state index contributed by atoms with van der Waals surface area (Å²) in [5.74, 6) is 0. The number of hydrogen-bond acceptors (Lipinski definition) is 2. The number of halogens is 3. The maximum absolute atomic E-state index is 12.6. The molecule has 0 spiro atoms. The predicted molar refractivity (Wildman–Crippen MR) is 71.3 cm³/mol. The zero-order chi connectivity index (χ0) is 14.8. The molecule has 1 unspecified atom stereocenters. The molecule has 1 atom stereocenters. The summed E-state index contributed by atoms with van der Waals surface area (Å²) in [7, 11) is 1.77. The van der Waals surface area contributed by atoms with Gasteiger partial charge in [-0.25, -0.2) is 0 Å². The van der Waals surface area contributed by atoms with E-state index in [0.29, 0.717) is 0 Å². The summed E-state index contributed by atoms with van der Waals surface area (Å²) in [4.78, 5) is 4.08. The normalized spacial score (nSPS) is 13.2. The van der Waals surface area contributed by atoms with Crippen LogP contribution in [-0.4, -0.2) is 12.0 Å². The van der Waals surface area contributed by atoms with Crippen molar-refractivity contribution in [3.8, 4) is 0 Å². The molecule has 0 saturated carbocycles. The van der Waals surface area contributed by atoms with E-state index in [0.717, 1.165) is 28.8 Å². The Morgan fingerprint density at radius 3 is 2.25 bits per heavy atom. The first-order valence-corrected chi connectivity index (χ1v) is 6.18. The van der Waals surface area contributed by atoms with Gasteiger partial charge in [-0.1, -0.05) is 12.1 Å². The van der Waals surface area contributed by atoms with Crippen LogP contribution in [0, 0.1) is 6.92 Å². The van der Waals surface area contributed by atoms with Gasteiger partial charge in [-0.05, 0) is 48.9 Å². The molecule has 0 aliphatic heterocycles. The van der Waals surface area contributed by atoms with Gasteiger partial charge in [0.25, 0.3) is 0 Å². The largest absolute Gasteiger partial charge is 0.416 e. The summed E-state index contributed by atoms with van der Waals surface area (Å²) in [5, 5.41) is 3.11. The van der Waals surface area contributed by atoms with Gasteiger partial charge >= 0.3 is 6.18 Å². The summed E-state index contributed by atoms with van der Waals surface area (Å²) >= 11 is 0. The van der Waals surface area contributed by atoms with Crippen molar-refractivity contribution in [1.29, 1.82) is 0 Å². The van der Waals surface area contributed by atoms with Crippen LogP contribution in [0.5, 0.6) is 0 Å². The third-order valence-corrected chi connectivity index (χ3v) is 3.25. The minimum absolute atomic E-state index is 0.175. The maximum Gasteiger partial charge on any atom is 0.416 e.